The largest absolute Gasteiger partial charge is 0.375 e. The van der Waals surface area contributed by atoms with Gasteiger partial charge in [0.15, 0.2) is 17.5 Å². The highest BCUT2D eigenvalue weighted by Crippen LogP contribution is 2.47. The van der Waals surface area contributed by atoms with E-state index in [4.69, 9.17) is 15.0 Å². The summed E-state index contributed by atoms with van der Waals surface area (Å²) in [6, 6.07) is 67.9. The SMILES string of the molecule is Cc1c(-c2cccc(-c3nc(-c4ccccc4)nc(-c4ccccc4)n3)c2)cc2c3c1-c1cccc4c5c6ccccc6ccc5n(c14)B3c1cccc3c4ccccc4n-2c13. The van der Waals surface area contributed by atoms with Crippen LogP contribution in [0.1, 0.15) is 5.56 Å². The molecule has 9 aromatic carbocycles. The van der Waals surface area contributed by atoms with Crippen LogP contribution >= 0.6 is 0 Å². The third kappa shape index (κ3) is 4.50. The summed E-state index contributed by atoms with van der Waals surface area (Å²) < 4.78 is 5.22. The predicted molar refractivity (Wildman–Crippen MR) is 257 cm³/mol. The van der Waals surface area contributed by atoms with Crippen molar-refractivity contribution in [2.24, 2.45) is 0 Å². The van der Waals surface area contributed by atoms with Crippen LogP contribution in [0.15, 0.2) is 188 Å². The lowest BCUT2D eigenvalue weighted by Crippen LogP contribution is -2.55. The lowest BCUT2D eigenvalue weighted by Gasteiger charge is -2.35. The topological polar surface area (TPSA) is 48.5 Å². The number of hydrogen-bond acceptors (Lipinski definition) is 3. The van der Waals surface area contributed by atoms with Crippen LogP contribution in [0.3, 0.4) is 0 Å². The highest BCUT2D eigenvalue weighted by molar-refractivity contribution is 6.90. The Balaban J connectivity index is 1.07. The Hall–Kier alpha value is -8.09. The van der Waals surface area contributed by atoms with Crippen LogP contribution in [0, 0.1) is 6.92 Å². The fourth-order valence-corrected chi connectivity index (χ4v) is 10.9. The van der Waals surface area contributed by atoms with Crippen molar-refractivity contribution in [2.75, 3.05) is 0 Å². The summed E-state index contributed by atoms with van der Waals surface area (Å²) in [7, 11) is 0. The zero-order valence-electron chi connectivity index (χ0n) is 33.7. The van der Waals surface area contributed by atoms with Gasteiger partial charge in [-0.1, -0.05) is 164 Å². The minimum Gasteiger partial charge on any atom is -0.375 e. The summed E-state index contributed by atoms with van der Waals surface area (Å²) in [5.74, 6) is 1.95. The van der Waals surface area contributed by atoms with E-state index in [0.29, 0.717) is 17.5 Å². The third-order valence-corrected chi connectivity index (χ3v) is 13.5. The maximum Gasteiger partial charge on any atom is 0.333 e. The molecule has 286 valence electrons. The summed E-state index contributed by atoms with van der Waals surface area (Å²) in [6.45, 7) is 2.31. The first kappa shape index (κ1) is 33.7. The van der Waals surface area contributed by atoms with Gasteiger partial charge >= 0.3 is 6.85 Å². The first-order valence-electron chi connectivity index (χ1n) is 21.3. The van der Waals surface area contributed by atoms with E-state index >= 15 is 0 Å². The molecule has 0 saturated heterocycles. The molecule has 0 saturated carbocycles. The summed E-state index contributed by atoms with van der Waals surface area (Å²) in [6.07, 6.45) is 0. The smallest absolute Gasteiger partial charge is 0.333 e. The van der Waals surface area contributed by atoms with E-state index in [1.807, 2.05) is 36.4 Å². The molecule has 62 heavy (non-hydrogen) atoms. The molecule has 14 rings (SSSR count). The standard InChI is InChI=1S/C56H34BN5/c1-33-44(37-20-12-21-38(31-37)56-59-54(35-16-4-2-5-17-35)58-55(60-56)36-18-6-3-7-19-36)32-48-51-49(33)42-25-13-26-43-50-39-22-9-8-15-34(39)29-30-47(50)62(52(42)43)57(51)45-27-14-24-41-40-23-10-11-28-46(40)61(48)53(41)45/h2-32H,1H3. The van der Waals surface area contributed by atoms with E-state index in [-0.39, 0.29) is 6.85 Å². The maximum atomic E-state index is 5.12. The van der Waals surface area contributed by atoms with Crippen LogP contribution in [0.5, 0.6) is 0 Å². The highest BCUT2D eigenvalue weighted by Gasteiger charge is 2.42. The molecule has 0 radical (unpaired) electrons. The number of fused-ring (bicyclic) bond motifs is 12. The lowest BCUT2D eigenvalue weighted by molar-refractivity contribution is 1.07. The van der Waals surface area contributed by atoms with Crippen molar-refractivity contribution in [1.29, 1.82) is 0 Å². The zero-order valence-corrected chi connectivity index (χ0v) is 33.7. The molecule has 2 aliphatic heterocycles. The van der Waals surface area contributed by atoms with Crippen molar-refractivity contribution in [3.8, 4) is 62.1 Å². The molecule has 0 atom stereocenters. The number of aromatic nitrogens is 5. The molecular formula is C56H34BN5. The Labute approximate surface area is 357 Å². The molecule has 5 heterocycles. The molecule has 0 aliphatic carbocycles. The first-order chi connectivity index (χ1) is 30.7. The molecule has 0 spiro atoms. The zero-order chi connectivity index (χ0) is 40.6. The van der Waals surface area contributed by atoms with Crippen molar-refractivity contribution < 1.29 is 0 Å². The highest BCUT2D eigenvalue weighted by atomic mass is 15.0. The summed E-state index contributed by atoms with van der Waals surface area (Å²) in [5, 5.41) is 7.72. The van der Waals surface area contributed by atoms with Gasteiger partial charge in [0.25, 0.3) is 0 Å². The van der Waals surface area contributed by atoms with Crippen LogP contribution in [0.4, 0.5) is 0 Å². The fraction of sp³-hybridized carbons (Fsp3) is 0.0179. The fourth-order valence-electron chi connectivity index (χ4n) is 10.9. The van der Waals surface area contributed by atoms with Crippen molar-refractivity contribution in [3.05, 3.63) is 194 Å². The third-order valence-electron chi connectivity index (χ3n) is 13.5. The second kappa shape index (κ2) is 12.5. The minimum absolute atomic E-state index is 0.0197. The predicted octanol–water partition coefficient (Wildman–Crippen LogP) is 12.2. The van der Waals surface area contributed by atoms with E-state index in [2.05, 4.69) is 168 Å². The molecule has 12 aromatic rings. The Morgan fingerprint density at radius 3 is 1.84 bits per heavy atom. The second-order valence-corrected chi connectivity index (χ2v) is 16.7. The van der Waals surface area contributed by atoms with Gasteiger partial charge in [-0.15, -0.1) is 0 Å². The van der Waals surface area contributed by atoms with Gasteiger partial charge in [0.05, 0.1) is 11.0 Å². The first-order valence-corrected chi connectivity index (χ1v) is 21.3. The average Bonchev–Trinajstić information content (AvgIpc) is 3.87. The van der Waals surface area contributed by atoms with E-state index in [9.17, 15) is 0 Å². The van der Waals surface area contributed by atoms with Crippen molar-refractivity contribution in [2.45, 2.75) is 6.92 Å². The molecule has 0 N–H and O–H groups in total. The van der Waals surface area contributed by atoms with Gasteiger partial charge in [-0.25, -0.2) is 15.0 Å². The van der Waals surface area contributed by atoms with Crippen LogP contribution in [-0.4, -0.2) is 30.8 Å². The van der Waals surface area contributed by atoms with Gasteiger partial charge in [-0.05, 0) is 75.1 Å². The molecule has 0 unspecified atom stereocenters. The lowest BCUT2D eigenvalue weighted by atomic mass is 9.45. The van der Waals surface area contributed by atoms with Gasteiger partial charge in [-0.2, -0.15) is 0 Å². The molecule has 0 bridgehead atoms. The van der Waals surface area contributed by atoms with Crippen molar-refractivity contribution in [1.82, 2.24) is 24.0 Å². The molecule has 3 aromatic heterocycles. The molecule has 5 nitrogen and oxygen atoms in total. The molecule has 6 heteroatoms. The number of para-hydroxylation sites is 3. The average molecular weight is 788 g/mol. The van der Waals surface area contributed by atoms with Crippen LogP contribution in [0.2, 0.25) is 0 Å². The van der Waals surface area contributed by atoms with E-state index in [1.165, 1.54) is 93.3 Å². The molecule has 0 amide bonds. The second-order valence-electron chi connectivity index (χ2n) is 16.7. The van der Waals surface area contributed by atoms with Gasteiger partial charge in [0.2, 0.25) is 0 Å². The quantitative estimate of drug-likeness (QED) is 0.167. The molecule has 0 fully saturated rings. The van der Waals surface area contributed by atoms with Crippen molar-refractivity contribution in [3.63, 3.8) is 0 Å². The number of nitrogens with zero attached hydrogens (tertiary/aromatic N) is 5. The summed E-state index contributed by atoms with van der Waals surface area (Å²) in [5.41, 5.74) is 18.0. The summed E-state index contributed by atoms with van der Waals surface area (Å²) in [4.78, 5) is 15.2. The molecular weight excluding hydrogens is 753 g/mol. The number of hydrogen-bond donors (Lipinski definition) is 0. The van der Waals surface area contributed by atoms with Gasteiger partial charge < -0.3 is 9.05 Å². The summed E-state index contributed by atoms with van der Waals surface area (Å²) >= 11 is 0. The van der Waals surface area contributed by atoms with Gasteiger partial charge in [0.1, 0.15) is 0 Å². The van der Waals surface area contributed by atoms with E-state index in [1.54, 1.807) is 0 Å². The van der Waals surface area contributed by atoms with E-state index < -0.39 is 0 Å². The Kier molecular flexibility index (Phi) is 6.78. The normalized spacial score (nSPS) is 12.6. The van der Waals surface area contributed by atoms with E-state index in [0.717, 1.165) is 22.3 Å². The minimum atomic E-state index is -0.0197. The Morgan fingerprint density at radius 1 is 0.435 bits per heavy atom. The van der Waals surface area contributed by atoms with Crippen LogP contribution < -0.4 is 10.9 Å². The monoisotopic (exact) mass is 787 g/mol. The molecule has 2 aliphatic rings. The van der Waals surface area contributed by atoms with Gasteiger partial charge in [0, 0.05) is 60.5 Å². The maximum absolute atomic E-state index is 5.12. The Morgan fingerprint density at radius 2 is 1.05 bits per heavy atom. The number of benzene rings is 9. The van der Waals surface area contributed by atoms with Crippen molar-refractivity contribution >= 4 is 72.2 Å². The van der Waals surface area contributed by atoms with Crippen LogP contribution in [-0.2, 0) is 0 Å². The van der Waals surface area contributed by atoms with Crippen LogP contribution in [0.25, 0.3) is 116 Å². The number of rotatable bonds is 4. The Bertz CT molecular complexity index is 3830. The van der Waals surface area contributed by atoms with Gasteiger partial charge in [-0.3, -0.25) is 0 Å².